The highest BCUT2D eigenvalue weighted by molar-refractivity contribution is 14.1. The lowest BCUT2D eigenvalue weighted by molar-refractivity contribution is 0.0501. The average molecular weight is 446 g/mol. The Morgan fingerprint density at radius 1 is 1.05 bits per heavy atom. The van der Waals surface area contributed by atoms with Crippen molar-refractivity contribution in [1.82, 2.24) is 0 Å². The lowest BCUT2D eigenvalue weighted by atomic mass is 10.2. The molecule has 0 radical (unpaired) electrons. The van der Waals surface area contributed by atoms with Crippen LogP contribution in [0.3, 0.4) is 0 Å². The lowest BCUT2D eigenvalue weighted by Gasteiger charge is -2.24. The molecule has 0 fully saturated rings. The van der Waals surface area contributed by atoms with Gasteiger partial charge in [0.2, 0.25) is 0 Å². The standard InChI is InChI=1S/C17H27IO2Si2/c1-21(2,3)11-12-22(4,5)20-17(13-18)15-19-14-16-9-7-6-8-10-16/h6-10,17H,13-15H2,1-5H3. The van der Waals surface area contributed by atoms with Gasteiger partial charge in [-0.1, -0.05) is 72.6 Å². The molecule has 1 aromatic rings. The van der Waals surface area contributed by atoms with E-state index in [-0.39, 0.29) is 6.10 Å². The summed E-state index contributed by atoms with van der Waals surface area (Å²) in [6.45, 7) is 12.4. The molecule has 0 spiro atoms. The highest BCUT2D eigenvalue weighted by Gasteiger charge is 2.25. The van der Waals surface area contributed by atoms with E-state index < -0.39 is 16.4 Å². The van der Waals surface area contributed by atoms with Crippen molar-refractivity contribution in [3.05, 3.63) is 35.9 Å². The van der Waals surface area contributed by atoms with Crippen LogP contribution in [-0.4, -0.2) is 33.5 Å². The van der Waals surface area contributed by atoms with E-state index in [4.69, 9.17) is 9.16 Å². The van der Waals surface area contributed by atoms with Crippen molar-refractivity contribution in [2.75, 3.05) is 11.0 Å². The number of ether oxygens (including phenoxy) is 1. The van der Waals surface area contributed by atoms with Crippen LogP contribution >= 0.6 is 22.6 Å². The predicted molar refractivity (Wildman–Crippen MR) is 108 cm³/mol. The van der Waals surface area contributed by atoms with Gasteiger partial charge < -0.3 is 9.16 Å². The number of hydrogen-bond donors (Lipinski definition) is 0. The van der Waals surface area contributed by atoms with Crippen molar-refractivity contribution in [3.8, 4) is 11.1 Å². The van der Waals surface area contributed by atoms with Gasteiger partial charge in [0.1, 0.15) is 8.07 Å². The van der Waals surface area contributed by atoms with Gasteiger partial charge in [-0.25, -0.2) is 0 Å². The first-order chi connectivity index (χ1) is 10.2. The molecule has 1 atom stereocenters. The number of alkyl halides is 1. The highest BCUT2D eigenvalue weighted by atomic mass is 127. The second-order valence-electron chi connectivity index (χ2n) is 6.91. The number of halogens is 1. The van der Waals surface area contributed by atoms with E-state index in [1.165, 1.54) is 5.56 Å². The molecule has 0 saturated heterocycles. The summed E-state index contributed by atoms with van der Waals surface area (Å²) in [7, 11) is -3.27. The van der Waals surface area contributed by atoms with Gasteiger partial charge in [-0.15, -0.1) is 11.1 Å². The molecule has 0 bridgehead atoms. The minimum Gasteiger partial charge on any atom is -0.400 e. The van der Waals surface area contributed by atoms with Crippen LogP contribution in [0.5, 0.6) is 0 Å². The molecule has 122 valence electrons. The number of hydrogen-bond acceptors (Lipinski definition) is 2. The molecule has 22 heavy (non-hydrogen) atoms. The van der Waals surface area contributed by atoms with E-state index in [9.17, 15) is 0 Å². The second kappa shape index (κ2) is 9.23. The van der Waals surface area contributed by atoms with E-state index in [0.717, 1.165) is 4.43 Å². The SMILES string of the molecule is C[Si](C)(C)C#C[Si](C)(C)OC(CI)COCc1ccccc1. The number of benzene rings is 1. The smallest absolute Gasteiger partial charge is 0.265 e. The highest BCUT2D eigenvalue weighted by Crippen LogP contribution is 2.12. The monoisotopic (exact) mass is 446 g/mol. The van der Waals surface area contributed by atoms with Crippen molar-refractivity contribution < 1.29 is 9.16 Å². The van der Waals surface area contributed by atoms with Crippen molar-refractivity contribution in [2.24, 2.45) is 0 Å². The molecular formula is C17H27IO2Si2. The van der Waals surface area contributed by atoms with Crippen LogP contribution < -0.4 is 0 Å². The first-order valence-corrected chi connectivity index (χ1v) is 15.5. The topological polar surface area (TPSA) is 18.5 Å². The van der Waals surface area contributed by atoms with Gasteiger partial charge in [-0.2, -0.15) is 0 Å². The van der Waals surface area contributed by atoms with Crippen LogP contribution in [-0.2, 0) is 15.8 Å². The molecule has 1 aromatic carbocycles. The fourth-order valence-corrected chi connectivity index (χ4v) is 6.30. The summed E-state index contributed by atoms with van der Waals surface area (Å²) < 4.78 is 13.0. The zero-order chi connectivity index (χ0) is 16.6. The van der Waals surface area contributed by atoms with Crippen LogP contribution in [0.25, 0.3) is 0 Å². The van der Waals surface area contributed by atoms with Crippen molar-refractivity contribution in [2.45, 2.75) is 45.4 Å². The average Bonchev–Trinajstić information content (AvgIpc) is 2.44. The van der Waals surface area contributed by atoms with Gasteiger partial charge >= 0.3 is 0 Å². The Morgan fingerprint density at radius 3 is 2.23 bits per heavy atom. The molecule has 0 saturated carbocycles. The lowest BCUT2D eigenvalue weighted by Crippen LogP contribution is -2.38. The minimum absolute atomic E-state index is 0.127. The maximum absolute atomic E-state index is 6.28. The quantitative estimate of drug-likeness (QED) is 0.263. The van der Waals surface area contributed by atoms with E-state index in [1.807, 2.05) is 18.2 Å². The van der Waals surface area contributed by atoms with Crippen molar-refractivity contribution in [1.29, 1.82) is 0 Å². The summed E-state index contributed by atoms with van der Waals surface area (Å²) in [4.78, 5) is 0. The van der Waals surface area contributed by atoms with Gasteiger partial charge in [0.25, 0.3) is 8.32 Å². The van der Waals surface area contributed by atoms with E-state index in [1.54, 1.807) is 0 Å². The van der Waals surface area contributed by atoms with Crippen LogP contribution in [0.2, 0.25) is 32.7 Å². The maximum Gasteiger partial charge on any atom is 0.265 e. The molecule has 0 amide bonds. The van der Waals surface area contributed by atoms with Gasteiger partial charge in [0, 0.05) is 4.43 Å². The van der Waals surface area contributed by atoms with Gasteiger partial charge in [0.15, 0.2) is 0 Å². The fraction of sp³-hybridized carbons (Fsp3) is 0.529. The fourth-order valence-electron chi connectivity index (χ4n) is 1.78. The molecule has 5 heteroatoms. The normalized spacial score (nSPS) is 13.4. The molecule has 0 aliphatic heterocycles. The number of rotatable bonds is 7. The molecular weight excluding hydrogens is 419 g/mol. The Morgan fingerprint density at radius 2 is 1.68 bits per heavy atom. The molecule has 1 rings (SSSR count). The summed E-state index contributed by atoms with van der Waals surface area (Å²) in [5.41, 5.74) is 8.10. The minimum atomic E-state index is -1.94. The van der Waals surface area contributed by atoms with Gasteiger partial charge in [-0.05, 0) is 18.7 Å². The second-order valence-corrected chi connectivity index (χ2v) is 16.0. The Bertz CT molecular complexity index is 501. The molecule has 0 aromatic heterocycles. The van der Waals surface area contributed by atoms with E-state index >= 15 is 0 Å². The maximum atomic E-state index is 6.28. The van der Waals surface area contributed by atoms with E-state index in [0.29, 0.717) is 13.2 Å². The Labute approximate surface area is 151 Å². The first kappa shape index (κ1) is 19.9. The third-order valence-electron chi connectivity index (χ3n) is 2.79. The predicted octanol–water partition coefficient (Wildman–Crippen LogP) is 4.65. The molecule has 0 aliphatic carbocycles. The van der Waals surface area contributed by atoms with Crippen molar-refractivity contribution >= 4 is 39.0 Å². The van der Waals surface area contributed by atoms with E-state index in [2.05, 4.69) is 78.5 Å². The van der Waals surface area contributed by atoms with Gasteiger partial charge in [0.05, 0.1) is 19.3 Å². The molecule has 0 aliphatic rings. The summed E-state index contributed by atoms with van der Waals surface area (Å²) >= 11 is 2.37. The molecule has 0 N–H and O–H groups in total. The summed E-state index contributed by atoms with van der Waals surface area (Å²) in [6, 6.07) is 10.3. The Kier molecular flexibility index (Phi) is 8.35. The third-order valence-corrected chi connectivity index (χ3v) is 6.54. The van der Waals surface area contributed by atoms with Crippen molar-refractivity contribution in [3.63, 3.8) is 0 Å². The van der Waals surface area contributed by atoms with Gasteiger partial charge in [-0.3, -0.25) is 0 Å². The van der Waals surface area contributed by atoms with Crippen LogP contribution in [0.4, 0.5) is 0 Å². The summed E-state index contributed by atoms with van der Waals surface area (Å²) in [5, 5.41) is 0. The molecule has 1 unspecified atom stereocenters. The zero-order valence-electron chi connectivity index (χ0n) is 14.3. The largest absolute Gasteiger partial charge is 0.400 e. The first-order valence-electron chi connectivity index (χ1n) is 7.62. The molecule has 0 heterocycles. The van der Waals surface area contributed by atoms with Crippen LogP contribution in [0.1, 0.15) is 5.56 Å². The van der Waals surface area contributed by atoms with Crippen LogP contribution in [0, 0.1) is 11.1 Å². The Hall–Kier alpha value is -0.136. The van der Waals surface area contributed by atoms with Crippen LogP contribution in [0.15, 0.2) is 30.3 Å². The molecule has 2 nitrogen and oxygen atoms in total. The Balaban J connectivity index is 2.48. The zero-order valence-corrected chi connectivity index (χ0v) is 18.4. The summed E-state index contributed by atoms with van der Waals surface area (Å²) in [6.07, 6.45) is 0.127. The third kappa shape index (κ3) is 9.10. The summed E-state index contributed by atoms with van der Waals surface area (Å²) in [5.74, 6) is 0.